The molecule has 22 heavy (non-hydrogen) atoms. The number of benzene rings is 1. The maximum absolute atomic E-state index is 13.1. The van der Waals surface area contributed by atoms with Gasteiger partial charge in [0.25, 0.3) is 0 Å². The number of hydrogen-bond donors (Lipinski definition) is 4. The number of carbonyl (C=O) groups excluding carboxylic acids is 1. The van der Waals surface area contributed by atoms with Crippen molar-refractivity contribution in [2.75, 3.05) is 0 Å². The number of aliphatic hydroxyl groups is 3. The predicted octanol–water partition coefficient (Wildman–Crippen LogP) is -1.13. The lowest BCUT2D eigenvalue weighted by atomic mass is 9.98. The zero-order chi connectivity index (χ0) is 16.4. The third-order valence-electron chi connectivity index (χ3n) is 3.11. The van der Waals surface area contributed by atoms with Crippen molar-refractivity contribution < 1.29 is 43.9 Å². The lowest BCUT2D eigenvalue weighted by Gasteiger charge is -2.38. The van der Waals surface area contributed by atoms with Crippen LogP contribution in [0, 0.1) is 5.82 Å². The summed E-state index contributed by atoms with van der Waals surface area (Å²) in [4.78, 5) is 22.9. The van der Waals surface area contributed by atoms with Crippen LogP contribution < -0.4 is 0 Å². The van der Waals surface area contributed by atoms with Crippen molar-refractivity contribution in [3.05, 3.63) is 35.6 Å². The van der Waals surface area contributed by atoms with E-state index in [1.807, 2.05) is 0 Å². The van der Waals surface area contributed by atoms with E-state index in [2.05, 4.69) is 4.74 Å². The lowest BCUT2D eigenvalue weighted by molar-refractivity contribution is -0.279. The molecule has 0 aliphatic carbocycles. The van der Waals surface area contributed by atoms with E-state index in [4.69, 9.17) is 9.84 Å². The van der Waals surface area contributed by atoms with Gasteiger partial charge in [-0.3, -0.25) is 0 Å². The minimum absolute atomic E-state index is 0.211. The van der Waals surface area contributed by atoms with Crippen molar-refractivity contribution in [3.63, 3.8) is 0 Å². The van der Waals surface area contributed by atoms with Crippen molar-refractivity contribution in [2.24, 2.45) is 0 Å². The zero-order valence-corrected chi connectivity index (χ0v) is 11.0. The van der Waals surface area contributed by atoms with Gasteiger partial charge in [0.15, 0.2) is 18.5 Å². The summed E-state index contributed by atoms with van der Waals surface area (Å²) in [7, 11) is 0. The van der Waals surface area contributed by atoms with E-state index < -0.39 is 48.5 Å². The second-order valence-electron chi connectivity index (χ2n) is 4.65. The highest BCUT2D eigenvalue weighted by molar-refractivity contribution is 5.89. The summed E-state index contributed by atoms with van der Waals surface area (Å²) in [5.41, 5.74) is -0.211. The van der Waals surface area contributed by atoms with Crippen LogP contribution in [0.4, 0.5) is 4.39 Å². The maximum atomic E-state index is 13.1. The quantitative estimate of drug-likeness (QED) is 0.515. The molecule has 1 aliphatic heterocycles. The van der Waals surface area contributed by atoms with Gasteiger partial charge in [0.05, 0.1) is 5.56 Å². The Morgan fingerprint density at radius 3 is 2.45 bits per heavy atom. The van der Waals surface area contributed by atoms with Gasteiger partial charge >= 0.3 is 11.9 Å². The first-order valence-electron chi connectivity index (χ1n) is 6.20. The van der Waals surface area contributed by atoms with Crippen LogP contribution in [0.2, 0.25) is 0 Å². The van der Waals surface area contributed by atoms with Gasteiger partial charge in [0.2, 0.25) is 0 Å². The first-order chi connectivity index (χ1) is 10.3. The molecule has 120 valence electrons. The Hall–Kier alpha value is -2.07. The SMILES string of the molecule is O=C(O[C@H]1[C@H](O)[C@@H](O)[C@H](O)O[C@@H]1C(=O)O)c1cccc(F)c1. The molecule has 1 heterocycles. The minimum Gasteiger partial charge on any atom is -0.479 e. The highest BCUT2D eigenvalue weighted by Crippen LogP contribution is 2.24. The van der Waals surface area contributed by atoms with Gasteiger partial charge in [0, 0.05) is 0 Å². The number of carboxylic acids is 1. The van der Waals surface area contributed by atoms with Crippen LogP contribution in [0.15, 0.2) is 24.3 Å². The number of esters is 1. The van der Waals surface area contributed by atoms with Gasteiger partial charge < -0.3 is 29.9 Å². The third-order valence-corrected chi connectivity index (χ3v) is 3.11. The molecule has 2 rings (SSSR count). The zero-order valence-electron chi connectivity index (χ0n) is 11.0. The molecule has 0 bridgehead atoms. The smallest absolute Gasteiger partial charge is 0.338 e. The van der Waals surface area contributed by atoms with E-state index >= 15 is 0 Å². The summed E-state index contributed by atoms with van der Waals surface area (Å²) in [5, 5.41) is 37.5. The van der Waals surface area contributed by atoms with E-state index in [0.29, 0.717) is 0 Å². The maximum Gasteiger partial charge on any atom is 0.338 e. The Bertz CT molecular complexity index is 577. The molecule has 0 aromatic heterocycles. The molecular weight excluding hydrogens is 303 g/mol. The Morgan fingerprint density at radius 2 is 1.86 bits per heavy atom. The molecule has 1 aliphatic rings. The van der Waals surface area contributed by atoms with Crippen LogP contribution in [-0.4, -0.2) is 63.1 Å². The first kappa shape index (κ1) is 16.3. The topological polar surface area (TPSA) is 134 Å². The van der Waals surface area contributed by atoms with Crippen molar-refractivity contribution in [1.29, 1.82) is 0 Å². The molecule has 0 amide bonds. The van der Waals surface area contributed by atoms with Crippen LogP contribution >= 0.6 is 0 Å². The molecule has 9 heteroatoms. The molecule has 4 N–H and O–H groups in total. The first-order valence-corrected chi connectivity index (χ1v) is 6.20. The molecule has 1 aromatic carbocycles. The number of carboxylic acid groups (broad SMARTS) is 1. The van der Waals surface area contributed by atoms with Gasteiger partial charge in [-0.1, -0.05) is 6.07 Å². The molecule has 0 unspecified atom stereocenters. The van der Waals surface area contributed by atoms with Gasteiger partial charge in [-0.15, -0.1) is 0 Å². The highest BCUT2D eigenvalue weighted by atomic mass is 19.1. The summed E-state index contributed by atoms with van der Waals surface area (Å²) in [6, 6.07) is 4.42. The second kappa shape index (κ2) is 6.36. The average Bonchev–Trinajstić information content (AvgIpc) is 2.47. The number of halogens is 1. The predicted molar refractivity (Wildman–Crippen MR) is 66.1 cm³/mol. The normalized spacial score (nSPS) is 31.5. The Labute approximate surface area is 123 Å². The van der Waals surface area contributed by atoms with Crippen LogP contribution in [0.3, 0.4) is 0 Å². The molecule has 5 atom stereocenters. The summed E-state index contributed by atoms with van der Waals surface area (Å²) in [5.74, 6) is -3.43. The van der Waals surface area contributed by atoms with Gasteiger partial charge in [-0.2, -0.15) is 0 Å². The number of aliphatic hydroxyl groups excluding tert-OH is 3. The van der Waals surface area contributed by atoms with Crippen LogP contribution in [0.25, 0.3) is 0 Å². The standard InChI is InChI=1S/C13H13FO8/c14-6-3-1-2-5(4-6)12(19)21-9-7(15)8(16)13(20)22-10(9)11(17)18/h1-4,7-10,13,15-16,20H,(H,17,18)/t7-,8-,9+,10+,13-/m1/s1. The third kappa shape index (κ3) is 3.22. The van der Waals surface area contributed by atoms with Gasteiger partial charge in [-0.05, 0) is 18.2 Å². The molecule has 0 saturated carbocycles. The van der Waals surface area contributed by atoms with Crippen LogP contribution in [0.5, 0.6) is 0 Å². The Morgan fingerprint density at radius 1 is 1.18 bits per heavy atom. The lowest BCUT2D eigenvalue weighted by Crippen LogP contribution is -2.61. The molecule has 1 fully saturated rings. The average molecular weight is 316 g/mol. The molecule has 1 aromatic rings. The van der Waals surface area contributed by atoms with Crippen molar-refractivity contribution >= 4 is 11.9 Å². The van der Waals surface area contributed by atoms with E-state index in [9.17, 15) is 29.3 Å². The fourth-order valence-electron chi connectivity index (χ4n) is 1.99. The molecular formula is C13H13FO8. The van der Waals surface area contributed by atoms with Crippen molar-refractivity contribution in [3.8, 4) is 0 Å². The van der Waals surface area contributed by atoms with Crippen molar-refractivity contribution in [1.82, 2.24) is 0 Å². The van der Waals surface area contributed by atoms with E-state index in [0.717, 1.165) is 12.1 Å². The molecule has 0 spiro atoms. The summed E-state index contributed by atoms with van der Waals surface area (Å²) < 4.78 is 22.5. The van der Waals surface area contributed by atoms with Crippen molar-refractivity contribution in [2.45, 2.75) is 30.7 Å². The largest absolute Gasteiger partial charge is 0.479 e. The molecule has 0 radical (unpaired) electrons. The van der Waals surface area contributed by atoms with E-state index in [1.165, 1.54) is 12.1 Å². The summed E-state index contributed by atoms with van der Waals surface area (Å²) >= 11 is 0. The summed E-state index contributed by atoms with van der Waals surface area (Å²) in [6.45, 7) is 0. The van der Waals surface area contributed by atoms with Crippen LogP contribution in [-0.2, 0) is 14.3 Å². The Balaban J connectivity index is 2.20. The fourth-order valence-corrected chi connectivity index (χ4v) is 1.99. The highest BCUT2D eigenvalue weighted by Gasteiger charge is 2.49. The number of hydrogen-bond acceptors (Lipinski definition) is 7. The van der Waals surface area contributed by atoms with Gasteiger partial charge in [-0.25, -0.2) is 14.0 Å². The fraction of sp³-hybridized carbons (Fsp3) is 0.385. The number of ether oxygens (including phenoxy) is 2. The molecule has 1 saturated heterocycles. The minimum atomic E-state index is -1.94. The van der Waals surface area contributed by atoms with E-state index in [1.54, 1.807) is 0 Å². The van der Waals surface area contributed by atoms with Gasteiger partial charge in [0.1, 0.15) is 18.0 Å². The summed E-state index contributed by atoms with van der Waals surface area (Å²) in [6.07, 6.45) is -9.35. The van der Waals surface area contributed by atoms with E-state index in [-0.39, 0.29) is 5.56 Å². The van der Waals surface area contributed by atoms with Crippen LogP contribution in [0.1, 0.15) is 10.4 Å². The number of rotatable bonds is 3. The molecule has 8 nitrogen and oxygen atoms in total. The Kier molecular flexibility index (Phi) is 4.71. The number of carbonyl (C=O) groups is 2. The monoisotopic (exact) mass is 316 g/mol. The number of aliphatic carboxylic acids is 1. The second-order valence-corrected chi connectivity index (χ2v) is 4.65.